The molecule has 0 spiro atoms. The summed E-state index contributed by atoms with van der Waals surface area (Å²) in [5.74, 6) is 0.292. The lowest BCUT2D eigenvalue weighted by Gasteiger charge is -2.36. The third-order valence-electron chi connectivity index (χ3n) is 6.88. The number of anilines is 1. The number of rotatable bonds is 7. The van der Waals surface area contributed by atoms with E-state index in [1.807, 2.05) is 23.1 Å². The molecule has 3 aromatic carbocycles. The second kappa shape index (κ2) is 11.2. The van der Waals surface area contributed by atoms with Crippen LogP contribution in [0, 0.1) is 0 Å². The van der Waals surface area contributed by atoms with Crippen molar-refractivity contribution in [2.45, 2.75) is 6.42 Å². The molecule has 1 saturated heterocycles. The number of benzene rings is 3. The zero-order chi connectivity index (χ0) is 26.5. The molecule has 5 rings (SSSR count). The number of nitrogens with one attached hydrogen (secondary N) is 1. The van der Waals surface area contributed by atoms with Gasteiger partial charge >= 0.3 is 0 Å². The van der Waals surface area contributed by atoms with Gasteiger partial charge in [0.25, 0.3) is 11.5 Å². The van der Waals surface area contributed by atoms with E-state index in [0.29, 0.717) is 40.9 Å². The molecule has 2 heterocycles. The molecule has 1 aromatic heterocycles. The molecule has 8 heteroatoms. The van der Waals surface area contributed by atoms with Crippen LogP contribution in [-0.2, 0) is 4.79 Å². The Morgan fingerprint density at radius 3 is 2.26 bits per heavy atom. The number of ether oxygens (including phenoxy) is 1. The molecule has 194 valence electrons. The van der Waals surface area contributed by atoms with Gasteiger partial charge in [0.15, 0.2) is 0 Å². The fourth-order valence-electron chi connectivity index (χ4n) is 4.81. The molecule has 1 fully saturated rings. The highest BCUT2D eigenvalue weighted by atomic mass is 16.5. The van der Waals surface area contributed by atoms with Gasteiger partial charge in [-0.1, -0.05) is 42.5 Å². The summed E-state index contributed by atoms with van der Waals surface area (Å²) in [6, 6.07) is 24.3. The number of hydrogen-bond donors (Lipinski definition) is 1. The van der Waals surface area contributed by atoms with Gasteiger partial charge in [-0.25, -0.2) is 0 Å². The first-order valence-corrected chi connectivity index (χ1v) is 12.7. The molecule has 0 aliphatic carbocycles. The van der Waals surface area contributed by atoms with Crippen molar-refractivity contribution in [2.24, 2.45) is 0 Å². The maximum atomic E-state index is 13.3. The average molecular weight is 511 g/mol. The number of carbonyl (C=O) groups excluding carboxylic acids is 2. The lowest BCUT2D eigenvalue weighted by molar-refractivity contribution is -0.131. The molecule has 8 nitrogen and oxygen atoms in total. The number of pyridine rings is 1. The number of aromatic nitrogens is 1. The van der Waals surface area contributed by atoms with E-state index in [-0.39, 0.29) is 30.3 Å². The van der Waals surface area contributed by atoms with E-state index >= 15 is 0 Å². The van der Waals surface area contributed by atoms with Crippen molar-refractivity contribution >= 4 is 28.3 Å². The van der Waals surface area contributed by atoms with Crippen molar-refractivity contribution in [3.8, 4) is 11.4 Å². The van der Waals surface area contributed by atoms with Gasteiger partial charge in [-0.05, 0) is 30.3 Å². The number of piperazine rings is 1. The lowest BCUT2D eigenvalue weighted by atomic mass is 10.1. The first kappa shape index (κ1) is 25.1. The monoisotopic (exact) mass is 510 g/mol. The Kier molecular flexibility index (Phi) is 7.40. The maximum Gasteiger partial charge on any atom is 0.262 e. The standard InChI is InChI=1S/C30H30N4O4/c1-38-24-11-7-10-23(20-24)34-21-27(25-12-5-6-13-26(25)30(34)37)29(36)31-15-14-28(35)33-18-16-32(17-19-33)22-8-3-2-4-9-22/h2-13,20-21H,14-19H2,1H3,(H,31,36). The molecule has 4 aromatic rings. The summed E-state index contributed by atoms with van der Waals surface area (Å²) in [5, 5.41) is 3.89. The summed E-state index contributed by atoms with van der Waals surface area (Å²) in [7, 11) is 1.56. The van der Waals surface area contributed by atoms with Gasteiger partial charge in [-0.2, -0.15) is 0 Å². The SMILES string of the molecule is COc1cccc(-n2cc(C(=O)NCCC(=O)N3CCN(c4ccccc4)CC3)c3ccccc3c2=O)c1. The fourth-order valence-corrected chi connectivity index (χ4v) is 4.81. The van der Waals surface area contributed by atoms with Crippen LogP contribution in [0.4, 0.5) is 5.69 Å². The van der Waals surface area contributed by atoms with Crippen LogP contribution in [-0.4, -0.2) is 61.1 Å². The molecule has 0 radical (unpaired) electrons. The number of para-hydroxylation sites is 1. The highest BCUT2D eigenvalue weighted by Gasteiger charge is 2.22. The van der Waals surface area contributed by atoms with Gasteiger partial charge < -0.3 is 19.9 Å². The number of fused-ring (bicyclic) bond motifs is 1. The maximum absolute atomic E-state index is 13.3. The molecule has 1 N–H and O–H groups in total. The van der Waals surface area contributed by atoms with Crippen LogP contribution < -0.4 is 20.5 Å². The molecule has 0 atom stereocenters. The molecule has 1 aliphatic heterocycles. The number of amides is 2. The minimum atomic E-state index is -0.334. The topological polar surface area (TPSA) is 83.9 Å². The normalized spacial score (nSPS) is 13.4. The summed E-state index contributed by atoms with van der Waals surface area (Å²) >= 11 is 0. The van der Waals surface area contributed by atoms with Gasteiger partial charge in [-0.3, -0.25) is 19.0 Å². The van der Waals surface area contributed by atoms with E-state index in [2.05, 4.69) is 22.3 Å². The molecular formula is C30H30N4O4. The minimum absolute atomic E-state index is 0.0178. The lowest BCUT2D eigenvalue weighted by Crippen LogP contribution is -2.49. The van der Waals surface area contributed by atoms with Crippen molar-refractivity contribution < 1.29 is 14.3 Å². The van der Waals surface area contributed by atoms with E-state index in [1.54, 1.807) is 61.8 Å². The van der Waals surface area contributed by atoms with E-state index in [4.69, 9.17) is 4.74 Å². The van der Waals surface area contributed by atoms with Crippen molar-refractivity contribution in [2.75, 3.05) is 44.7 Å². The van der Waals surface area contributed by atoms with E-state index in [9.17, 15) is 14.4 Å². The van der Waals surface area contributed by atoms with Crippen molar-refractivity contribution in [1.29, 1.82) is 0 Å². The third-order valence-corrected chi connectivity index (χ3v) is 6.88. The number of nitrogens with zero attached hydrogens (tertiary/aromatic N) is 3. The summed E-state index contributed by atoms with van der Waals surface area (Å²) in [6.45, 7) is 3.07. The fraction of sp³-hybridized carbons (Fsp3) is 0.233. The van der Waals surface area contributed by atoms with Crippen LogP contribution in [0.5, 0.6) is 5.75 Å². The molecule has 2 amide bonds. The summed E-state index contributed by atoms with van der Waals surface area (Å²) in [5.41, 5.74) is 1.90. The Morgan fingerprint density at radius 2 is 1.53 bits per heavy atom. The van der Waals surface area contributed by atoms with Gasteiger partial charge in [0.2, 0.25) is 5.91 Å². The predicted octanol–water partition coefficient (Wildman–Crippen LogP) is 3.47. The molecule has 0 saturated carbocycles. The minimum Gasteiger partial charge on any atom is -0.497 e. The quantitative estimate of drug-likeness (QED) is 0.412. The van der Waals surface area contributed by atoms with Gasteiger partial charge in [-0.15, -0.1) is 0 Å². The molecule has 0 bridgehead atoms. The van der Waals surface area contributed by atoms with Gasteiger partial charge in [0, 0.05) is 67.9 Å². The Bertz CT molecular complexity index is 1510. The van der Waals surface area contributed by atoms with Crippen molar-refractivity contribution in [3.63, 3.8) is 0 Å². The highest BCUT2D eigenvalue weighted by Crippen LogP contribution is 2.20. The van der Waals surface area contributed by atoms with Crippen LogP contribution in [0.15, 0.2) is 89.9 Å². The highest BCUT2D eigenvalue weighted by molar-refractivity contribution is 6.06. The largest absolute Gasteiger partial charge is 0.497 e. The first-order chi connectivity index (χ1) is 18.5. The molecular weight excluding hydrogens is 480 g/mol. The zero-order valence-corrected chi connectivity index (χ0v) is 21.3. The smallest absolute Gasteiger partial charge is 0.262 e. The number of methoxy groups -OCH3 is 1. The van der Waals surface area contributed by atoms with Crippen LogP contribution in [0.2, 0.25) is 0 Å². The van der Waals surface area contributed by atoms with Crippen LogP contribution in [0.25, 0.3) is 16.5 Å². The Balaban J connectivity index is 1.26. The van der Waals surface area contributed by atoms with Crippen LogP contribution in [0.3, 0.4) is 0 Å². The van der Waals surface area contributed by atoms with Gasteiger partial charge in [0.05, 0.1) is 18.4 Å². The molecule has 38 heavy (non-hydrogen) atoms. The van der Waals surface area contributed by atoms with Crippen LogP contribution >= 0.6 is 0 Å². The molecule has 0 unspecified atom stereocenters. The summed E-state index contributed by atoms with van der Waals surface area (Å²) in [6.07, 6.45) is 1.77. The van der Waals surface area contributed by atoms with Crippen LogP contribution in [0.1, 0.15) is 16.8 Å². The third kappa shape index (κ3) is 5.25. The predicted molar refractivity (Wildman–Crippen MR) is 148 cm³/mol. The van der Waals surface area contributed by atoms with Crippen molar-refractivity contribution in [1.82, 2.24) is 14.8 Å². The molecule has 1 aliphatic rings. The number of carbonyl (C=O) groups is 2. The van der Waals surface area contributed by atoms with E-state index in [1.165, 1.54) is 4.57 Å². The Hall–Kier alpha value is -4.59. The first-order valence-electron chi connectivity index (χ1n) is 12.7. The van der Waals surface area contributed by atoms with E-state index in [0.717, 1.165) is 18.8 Å². The summed E-state index contributed by atoms with van der Waals surface area (Å²) < 4.78 is 6.76. The Morgan fingerprint density at radius 1 is 0.842 bits per heavy atom. The number of hydrogen-bond acceptors (Lipinski definition) is 5. The Labute approximate surface area is 221 Å². The zero-order valence-electron chi connectivity index (χ0n) is 21.3. The second-order valence-corrected chi connectivity index (χ2v) is 9.17. The van der Waals surface area contributed by atoms with E-state index < -0.39 is 0 Å². The summed E-state index contributed by atoms with van der Waals surface area (Å²) in [4.78, 5) is 43.4. The van der Waals surface area contributed by atoms with Gasteiger partial charge in [0.1, 0.15) is 5.75 Å². The van der Waals surface area contributed by atoms with Crippen molar-refractivity contribution in [3.05, 3.63) is 101 Å². The second-order valence-electron chi connectivity index (χ2n) is 9.17. The average Bonchev–Trinajstić information content (AvgIpc) is 2.98.